The van der Waals surface area contributed by atoms with Crippen molar-refractivity contribution in [3.05, 3.63) is 0 Å². The number of hydrogen-bond donors (Lipinski definition) is 1. The van der Waals surface area contributed by atoms with Crippen LogP contribution in [0.4, 0.5) is 0 Å². The first-order valence-corrected chi connectivity index (χ1v) is 8.10. The van der Waals surface area contributed by atoms with E-state index < -0.39 is 0 Å². The molecule has 18 heavy (non-hydrogen) atoms. The summed E-state index contributed by atoms with van der Waals surface area (Å²) in [5, 5.41) is 3.09. The molecule has 104 valence electrons. The second kappa shape index (κ2) is 9.42. The van der Waals surface area contributed by atoms with E-state index in [-0.39, 0.29) is 16.8 Å². The van der Waals surface area contributed by atoms with Gasteiger partial charge >= 0.3 is 0 Å². The quantitative estimate of drug-likeness (QED) is 0.857. The molecule has 1 fully saturated rings. The van der Waals surface area contributed by atoms with Gasteiger partial charge in [-0.3, -0.25) is 9.59 Å². The van der Waals surface area contributed by atoms with E-state index >= 15 is 0 Å². The summed E-state index contributed by atoms with van der Waals surface area (Å²) >= 11 is 1.09. The average molecular weight is 271 g/mol. The third-order valence-electron chi connectivity index (χ3n) is 3.38. The van der Waals surface area contributed by atoms with Gasteiger partial charge in [-0.15, -0.1) is 0 Å². The number of rotatable bonds is 3. The van der Waals surface area contributed by atoms with Gasteiger partial charge in [-0.1, -0.05) is 56.7 Å². The van der Waals surface area contributed by atoms with Gasteiger partial charge < -0.3 is 5.32 Å². The van der Waals surface area contributed by atoms with Crippen LogP contribution >= 0.6 is 11.8 Å². The predicted molar refractivity (Wildman–Crippen MR) is 76.6 cm³/mol. The number of amides is 1. The molecular weight excluding hydrogens is 246 g/mol. The van der Waals surface area contributed by atoms with Crippen molar-refractivity contribution >= 4 is 22.8 Å². The molecule has 1 rings (SSSR count). The Bertz CT molecular complexity index is 259. The van der Waals surface area contributed by atoms with Crippen LogP contribution in [0.3, 0.4) is 0 Å². The maximum absolute atomic E-state index is 11.7. The predicted octanol–water partition coefficient (Wildman–Crippen LogP) is 3.28. The summed E-state index contributed by atoms with van der Waals surface area (Å²) in [6.07, 6.45) is 11.2. The standard InChI is InChI=1S/C14H25NO2S/c1-12(16)18-11-14(17)15-13-9-7-5-3-2-4-6-8-10-13/h13H,2-11H2,1H3,(H,15,17). The van der Waals surface area contributed by atoms with Crippen molar-refractivity contribution in [1.82, 2.24) is 5.32 Å². The van der Waals surface area contributed by atoms with E-state index in [1.807, 2.05) is 0 Å². The summed E-state index contributed by atoms with van der Waals surface area (Å²) in [5.41, 5.74) is 0. The van der Waals surface area contributed by atoms with Crippen LogP contribution in [0.25, 0.3) is 0 Å². The van der Waals surface area contributed by atoms with E-state index in [1.165, 1.54) is 51.9 Å². The molecule has 0 unspecified atom stereocenters. The van der Waals surface area contributed by atoms with Crippen molar-refractivity contribution in [3.63, 3.8) is 0 Å². The average Bonchev–Trinajstić information content (AvgIpc) is 2.35. The molecule has 0 bridgehead atoms. The molecule has 1 aliphatic carbocycles. The fourth-order valence-electron chi connectivity index (χ4n) is 2.39. The highest BCUT2D eigenvalue weighted by molar-refractivity contribution is 8.14. The first-order valence-electron chi connectivity index (χ1n) is 7.11. The minimum absolute atomic E-state index is 0.0103. The van der Waals surface area contributed by atoms with Gasteiger partial charge in [-0.2, -0.15) is 0 Å². The van der Waals surface area contributed by atoms with Crippen LogP contribution in [0.15, 0.2) is 0 Å². The molecule has 1 aliphatic rings. The van der Waals surface area contributed by atoms with Gasteiger partial charge in [0.05, 0.1) is 5.75 Å². The van der Waals surface area contributed by atoms with Crippen LogP contribution in [-0.2, 0) is 9.59 Å². The number of hydrogen-bond acceptors (Lipinski definition) is 3. The van der Waals surface area contributed by atoms with Crippen molar-refractivity contribution < 1.29 is 9.59 Å². The second-order valence-corrected chi connectivity index (χ2v) is 6.25. The van der Waals surface area contributed by atoms with E-state index in [9.17, 15) is 9.59 Å². The Morgan fingerprint density at radius 3 is 2.00 bits per heavy atom. The minimum atomic E-state index is 0.0103. The Labute approximate surface area is 114 Å². The van der Waals surface area contributed by atoms with E-state index in [0.29, 0.717) is 6.04 Å². The van der Waals surface area contributed by atoms with Crippen molar-refractivity contribution in [2.45, 2.75) is 70.8 Å². The Kier molecular flexibility index (Phi) is 8.14. The molecule has 0 spiro atoms. The van der Waals surface area contributed by atoms with Crippen molar-refractivity contribution in [2.75, 3.05) is 5.75 Å². The van der Waals surface area contributed by atoms with E-state index in [4.69, 9.17) is 0 Å². The van der Waals surface area contributed by atoms with Gasteiger partial charge in [-0.05, 0) is 12.8 Å². The Morgan fingerprint density at radius 1 is 1.00 bits per heavy atom. The fourth-order valence-corrected chi connectivity index (χ4v) is 2.81. The normalized spacial score (nSPS) is 19.2. The first-order chi connectivity index (χ1) is 8.68. The van der Waals surface area contributed by atoms with Gasteiger partial charge in [0.2, 0.25) is 5.91 Å². The van der Waals surface area contributed by atoms with Crippen molar-refractivity contribution in [2.24, 2.45) is 0 Å². The molecule has 0 atom stereocenters. The molecule has 0 radical (unpaired) electrons. The van der Waals surface area contributed by atoms with E-state index in [1.54, 1.807) is 0 Å². The minimum Gasteiger partial charge on any atom is -0.353 e. The first kappa shape index (κ1) is 15.5. The van der Waals surface area contributed by atoms with Crippen LogP contribution in [0, 0.1) is 0 Å². The number of nitrogens with one attached hydrogen (secondary N) is 1. The third-order valence-corrected chi connectivity index (χ3v) is 4.19. The SMILES string of the molecule is CC(=O)SCC(=O)NC1CCCCCCCCC1. The number of carbonyl (C=O) groups excluding carboxylic acids is 2. The molecule has 1 N–H and O–H groups in total. The number of carbonyl (C=O) groups is 2. The molecular formula is C14H25NO2S. The van der Waals surface area contributed by atoms with Crippen LogP contribution < -0.4 is 5.32 Å². The van der Waals surface area contributed by atoms with Crippen molar-refractivity contribution in [3.8, 4) is 0 Å². The molecule has 0 aromatic rings. The molecule has 0 aromatic heterocycles. The third kappa shape index (κ3) is 7.75. The fraction of sp³-hybridized carbons (Fsp3) is 0.857. The molecule has 0 heterocycles. The molecule has 1 amide bonds. The molecule has 4 heteroatoms. The van der Waals surface area contributed by atoms with Crippen LogP contribution in [0.5, 0.6) is 0 Å². The van der Waals surface area contributed by atoms with Crippen molar-refractivity contribution in [1.29, 1.82) is 0 Å². The molecule has 1 saturated carbocycles. The monoisotopic (exact) mass is 271 g/mol. The van der Waals surface area contributed by atoms with Gasteiger partial charge in [0, 0.05) is 13.0 Å². The summed E-state index contributed by atoms with van der Waals surface area (Å²) in [6.45, 7) is 1.50. The van der Waals surface area contributed by atoms with Crippen LogP contribution in [-0.4, -0.2) is 22.8 Å². The Morgan fingerprint density at radius 2 is 1.50 bits per heavy atom. The lowest BCUT2D eigenvalue weighted by Crippen LogP contribution is -2.36. The topological polar surface area (TPSA) is 46.2 Å². The van der Waals surface area contributed by atoms with E-state index in [0.717, 1.165) is 24.6 Å². The summed E-state index contributed by atoms with van der Waals surface area (Å²) in [5.74, 6) is 0.281. The largest absolute Gasteiger partial charge is 0.353 e. The summed E-state index contributed by atoms with van der Waals surface area (Å²) in [4.78, 5) is 22.5. The number of thioether (sulfide) groups is 1. The van der Waals surface area contributed by atoms with Crippen LogP contribution in [0.1, 0.15) is 64.7 Å². The van der Waals surface area contributed by atoms with E-state index in [2.05, 4.69) is 5.32 Å². The Balaban J connectivity index is 2.27. The smallest absolute Gasteiger partial charge is 0.230 e. The molecule has 0 saturated heterocycles. The zero-order valence-corrected chi connectivity index (χ0v) is 12.2. The van der Waals surface area contributed by atoms with Crippen LogP contribution in [0.2, 0.25) is 0 Å². The molecule has 0 aliphatic heterocycles. The Hall–Kier alpha value is -0.510. The summed E-state index contributed by atoms with van der Waals surface area (Å²) in [6, 6.07) is 0.322. The lowest BCUT2D eigenvalue weighted by molar-refractivity contribution is -0.119. The molecule has 0 aromatic carbocycles. The molecule has 3 nitrogen and oxygen atoms in total. The van der Waals surface area contributed by atoms with Gasteiger partial charge in [0.15, 0.2) is 5.12 Å². The highest BCUT2D eigenvalue weighted by atomic mass is 32.2. The zero-order valence-electron chi connectivity index (χ0n) is 11.4. The lowest BCUT2D eigenvalue weighted by atomic mass is 9.97. The summed E-state index contributed by atoms with van der Waals surface area (Å²) < 4.78 is 0. The highest BCUT2D eigenvalue weighted by Gasteiger charge is 2.13. The highest BCUT2D eigenvalue weighted by Crippen LogP contribution is 2.17. The summed E-state index contributed by atoms with van der Waals surface area (Å²) in [7, 11) is 0. The second-order valence-electron chi connectivity index (χ2n) is 5.10. The maximum atomic E-state index is 11.7. The van der Waals surface area contributed by atoms with Gasteiger partial charge in [0.1, 0.15) is 0 Å². The lowest BCUT2D eigenvalue weighted by Gasteiger charge is -2.19. The van der Waals surface area contributed by atoms with Gasteiger partial charge in [0.25, 0.3) is 0 Å². The zero-order chi connectivity index (χ0) is 13.2. The maximum Gasteiger partial charge on any atom is 0.230 e. The van der Waals surface area contributed by atoms with Gasteiger partial charge in [-0.25, -0.2) is 0 Å².